The summed E-state index contributed by atoms with van der Waals surface area (Å²) in [4.78, 5) is 35.5. The third-order valence-corrected chi connectivity index (χ3v) is 5.95. The van der Waals surface area contributed by atoms with Crippen molar-refractivity contribution in [3.8, 4) is 0 Å². The number of benzene rings is 1. The zero-order valence-corrected chi connectivity index (χ0v) is 18.3. The second-order valence-electron chi connectivity index (χ2n) is 6.43. The number of pyridine rings is 3. The quantitative estimate of drug-likeness (QED) is 0.370. The van der Waals surface area contributed by atoms with Crippen LogP contribution in [0.4, 0.5) is 0 Å². The molecule has 0 radical (unpaired) electrons. The van der Waals surface area contributed by atoms with Crippen molar-refractivity contribution in [3.63, 3.8) is 0 Å². The number of aromatic nitrogens is 3. The number of hydrogen-bond donors (Lipinski definition) is 0. The third kappa shape index (κ3) is 2.99. The second kappa shape index (κ2) is 7.22. The Morgan fingerprint density at radius 3 is 2.68 bits per heavy atom. The monoisotopic (exact) mass is 499 g/mol. The molecule has 7 heteroatoms. The van der Waals surface area contributed by atoms with E-state index in [1.54, 1.807) is 24.5 Å². The maximum absolute atomic E-state index is 13.5. The highest BCUT2D eigenvalue weighted by Crippen LogP contribution is 2.33. The van der Waals surface area contributed by atoms with Gasteiger partial charge in [-0.25, -0.2) is 4.98 Å². The first kappa shape index (κ1) is 19.0. The Morgan fingerprint density at radius 2 is 1.93 bits per heavy atom. The minimum absolute atomic E-state index is 0.106. The van der Waals surface area contributed by atoms with Crippen LogP contribution in [0.3, 0.4) is 0 Å². The van der Waals surface area contributed by atoms with E-state index in [0.29, 0.717) is 33.1 Å². The van der Waals surface area contributed by atoms with Crippen LogP contribution in [0.2, 0.25) is 0 Å². The Balaban J connectivity index is 2.04. The lowest BCUT2D eigenvalue weighted by molar-refractivity contribution is 0.103. The van der Waals surface area contributed by atoms with Crippen LogP contribution in [0.5, 0.6) is 0 Å². The molecule has 0 aliphatic rings. The number of nitrogens with zero attached hydrogens (tertiary/aromatic N) is 3. The average molecular weight is 501 g/mol. The highest BCUT2D eigenvalue weighted by molar-refractivity contribution is 9.11. The standard InChI is InChI=1S/C21H15Br2N3O2/c1-3-26-10-14(19(27)13-7-6-11(2)25-21(13)26)20(28)17-16(23)9-15(22)12-5-4-8-24-18(12)17/h4-10H,3H2,1-2H3. The van der Waals surface area contributed by atoms with Gasteiger partial charge in [0.05, 0.1) is 22.0 Å². The van der Waals surface area contributed by atoms with Crippen LogP contribution in [-0.2, 0) is 6.54 Å². The fourth-order valence-electron chi connectivity index (χ4n) is 3.28. The Morgan fingerprint density at radius 1 is 1.14 bits per heavy atom. The highest BCUT2D eigenvalue weighted by atomic mass is 79.9. The lowest BCUT2D eigenvalue weighted by Gasteiger charge is -2.13. The van der Waals surface area contributed by atoms with E-state index in [0.717, 1.165) is 15.6 Å². The summed E-state index contributed by atoms with van der Waals surface area (Å²) >= 11 is 6.98. The van der Waals surface area contributed by atoms with Crippen LogP contribution < -0.4 is 5.43 Å². The van der Waals surface area contributed by atoms with Gasteiger partial charge < -0.3 is 4.57 Å². The molecule has 5 nitrogen and oxygen atoms in total. The van der Waals surface area contributed by atoms with Crippen molar-refractivity contribution >= 4 is 59.6 Å². The van der Waals surface area contributed by atoms with Crippen molar-refractivity contribution < 1.29 is 4.79 Å². The summed E-state index contributed by atoms with van der Waals surface area (Å²) in [5.74, 6) is -0.363. The molecule has 1 aromatic carbocycles. The van der Waals surface area contributed by atoms with Crippen LogP contribution >= 0.6 is 31.9 Å². The van der Waals surface area contributed by atoms with Gasteiger partial charge in [-0.15, -0.1) is 0 Å². The molecule has 0 unspecified atom stereocenters. The minimum Gasteiger partial charge on any atom is -0.332 e. The van der Waals surface area contributed by atoms with Gasteiger partial charge in [0.15, 0.2) is 0 Å². The summed E-state index contributed by atoms with van der Waals surface area (Å²) in [6.45, 7) is 4.42. The van der Waals surface area contributed by atoms with E-state index < -0.39 is 0 Å². The van der Waals surface area contributed by atoms with E-state index in [-0.39, 0.29) is 16.8 Å². The molecule has 0 saturated heterocycles. The predicted molar refractivity (Wildman–Crippen MR) is 117 cm³/mol. The molecule has 0 bridgehead atoms. The van der Waals surface area contributed by atoms with Crippen LogP contribution in [0, 0.1) is 6.92 Å². The summed E-state index contributed by atoms with van der Waals surface area (Å²) < 4.78 is 3.24. The van der Waals surface area contributed by atoms with E-state index >= 15 is 0 Å². The van der Waals surface area contributed by atoms with Gasteiger partial charge in [-0.2, -0.15) is 0 Å². The van der Waals surface area contributed by atoms with Crippen molar-refractivity contribution in [2.45, 2.75) is 20.4 Å². The number of hydrogen-bond acceptors (Lipinski definition) is 4. The molecule has 0 fully saturated rings. The van der Waals surface area contributed by atoms with E-state index in [9.17, 15) is 9.59 Å². The molecular weight excluding hydrogens is 486 g/mol. The average Bonchev–Trinajstić information content (AvgIpc) is 2.68. The second-order valence-corrected chi connectivity index (χ2v) is 8.13. The zero-order valence-electron chi connectivity index (χ0n) is 15.2. The van der Waals surface area contributed by atoms with Gasteiger partial charge in [-0.1, -0.05) is 22.0 Å². The van der Waals surface area contributed by atoms with Crippen molar-refractivity contribution in [3.05, 3.63) is 78.7 Å². The topological polar surface area (TPSA) is 64.8 Å². The van der Waals surface area contributed by atoms with Gasteiger partial charge in [-0.3, -0.25) is 14.6 Å². The molecule has 0 spiro atoms. The van der Waals surface area contributed by atoms with Gasteiger partial charge in [-0.05, 0) is 54.0 Å². The maximum atomic E-state index is 13.5. The van der Waals surface area contributed by atoms with Gasteiger partial charge in [0.2, 0.25) is 11.2 Å². The summed E-state index contributed by atoms with van der Waals surface area (Å²) in [5.41, 5.74) is 2.10. The van der Waals surface area contributed by atoms with E-state index in [4.69, 9.17) is 0 Å². The number of aryl methyl sites for hydroxylation is 2. The number of rotatable bonds is 3. The summed E-state index contributed by atoms with van der Waals surface area (Å²) in [7, 11) is 0. The van der Waals surface area contributed by atoms with Gasteiger partial charge in [0.1, 0.15) is 5.65 Å². The highest BCUT2D eigenvalue weighted by Gasteiger charge is 2.23. The Kier molecular flexibility index (Phi) is 4.89. The lowest BCUT2D eigenvalue weighted by atomic mass is 10.00. The molecule has 3 aromatic heterocycles. The molecule has 0 amide bonds. The molecule has 0 atom stereocenters. The smallest absolute Gasteiger partial charge is 0.202 e. The molecule has 140 valence electrons. The molecule has 0 N–H and O–H groups in total. The summed E-state index contributed by atoms with van der Waals surface area (Å²) in [6, 6.07) is 9.01. The molecule has 4 aromatic rings. The van der Waals surface area contributed by atoms with Crippen molar-refractivity contribution in [2.24, 2.45) is 0 Å². The Hall–Kier alpha value is -2.38. The largest absolute Gasteiger partial charge is 0.332 e. The normalized spacial score (nSPS) is 11.3. The fourth-order valence-corrected chi connectivity index (χ4v) is 4.74. The predicted octanol–water partition coefficient (Wildman–Crippen LogP) is 5.03. The zero-order chi connectivity index (χ0) is 20.0. The molecule has 28 heavy (non-hydrogen) atoms. The Bertz CT molecular complexity index is 1330. The summed E-state index contributed by atoms with van der Waals surface area (Å²) in [5, 5.41) is 1.24. The molecular formula is C21H15Br2N3O2. The molecule has 3 heterocycles. The number of ketones is 1. The van der Waals surface area contributed by atoms with E-state index in [2.05, 4.69) is 41.8 Å². The van der Waals surface area contributed by atoms with E-state index in [1.165, 1.54) is 0 Å². The first-order valence-corrected chi connectivity index (χ1v) is 10.3. The van der Waals surface area contributed by atoms with Crippen molar-refractivity contribution in [1.29, 1.82) is 0 Å². The maximum Gasteiger partial charge on any atom is 0.202 e. The molecule has 0 aliphatic carbocycles. The van der Waals surface area contributed by atoms with Crippen LogP contribution in [0.25, 0.3) is 21.9 Å². The molecule has 4 rings (SSSR count). The van der Waals surface area contributed by atoms with Crippen LogP contribution in [0.15, 0.2) is 56.5 Å². The first-order valence-electron chi connectivity index (χ1n) is 8.70. The third-order valence-electron chi connectivity index (χ3n) is 4.67. The lowest BCUT2D eigenvalue weighted by Crippen LogP contribution is -2.21. The van der Waals surface area contributed by atoms with Crippen LogP contribution in [0.1, 0.15) is 28.5 Å². The number of fused-ring (bicyclic) bond motifs is 2. The van der Waals surface area contributed by atoms with Crippen LogP contribution in [-0.4, -0.2) is 20.3 Å². The van der Waals surface area contributed by atoms with Gasteiger partial charge in [0.25, 0.3) is 0 Å². The number of carbonyl (C=O) groups is 1. The number of halogens is 2. The fraction of sp³-hybridized carbons (Fsp3) is 0.143. The Labute approximate surface area is 177 Å². The molecule has 0 aliphatic heterocycles. The van der Waals surface area contributed by atoms with Crippen molar-refractivity contribution in [2.75, 3.05) is 0 Å². The number of carbonyl (C=O) groups excluding carboxylic acids is 1. The minimum atomic E-state index is -0.363. The SMILES string of the molecule is CCn1cc(C(=O)c2c(Br)cc(Br)c3cccnc23)c(=O)c2ccc(C)nc21. The molecule has 0 saturated carbocycles. The first-order chi connectivity index (χ1) is 13.4. The van der Waals surface area contributed by atoms with Gasteiger partial charge >= 0.3 is 0 Å². The van der Waals surface area contributed by atoms with Gasteiger partial charge in [0, 0.05) is 39.0 Å². The van der Waals surface area contributed by atoms with Crippen molar-refractivity contribution in [1.82, 2.24) is 14.5 Å². The van der Waals surface area contributed by atoms with E-state index in [1.807, 2.05) is 36.6 Å². The summed E-state index contributed by atoms with van der Waals surface area (Å²) in [6.07, 6.45) is 3.23.